The second-order valence-electron chi connectivity index (χ2n) is 18.9. The summed E-state index contributed by atoms with van der Waals surface area (Å²) in [5.41, 5.74) is 3.87. The molecule has 0 saturated carbocycles. The molecule has 376 valence electrons. The molecule has 7 rings (SSSR count). The van der Waals surface area contributed by atoms with Crippen molar-refractivity contribution in [2.75, 3.05) is 62.4 Å². The van der Waals surface area contributed by atoms with Gasteiger partial charge < -0.3 is 57.8 Å². The lowest BCUT2D eigenvalue weighted by Gasteiger charge is -2.42. The Kier molecular flexibility index (Phi) is 17.2. The molecule has 4 amide bonds. The number of esters is 1. The van der Waals surface area contributed by atoms with Crippen molar-refractivity contribution < 1.29 is 57.1 Å². The highest BCUT2D eigenvalue weighted by atomic mass is 28.3. The predicted molar refractivity (Wildman–Crippen MR) is 266 cm³/mol. The van der Waals surface area contributed by atoms with E-state index in [4.69, 9.17) is 33.2 Å². The highest BCUT2D eigenvalue weighted by Crippen LogP contribution is 2.43. The van der Waals surface area contributed by atoms with Gasteiger partial charge in [0.2, 0.25) is 5.91 Å². The van der Waals surface area contributed by atoms with E-state index < -0.39 is 38.7 Å². The molecule has 3 atom stereocenters. The summed E-state index contributed by atoms with van der Waals surface area (Å²) in [6, 6.07) is 14.2. The number of nitrogens with zero attached hydrogens (tertiary/aromatic N) is 4. The Bertz CT molecular complexity index is 2510. The number of aryl methyl sites for hydroxylation is 2. The lowest BCUT2D eigenvalue weighted by atomic mass is 10.00. The van der Waals surface area contributed by atoms with Gasteiger partial charge in [-0.1, -0.05) is 44.4 Å². The molecule has 0 bridgehead atoms. The van der Waals surface area contributed by atoms with Gasteiger partial charge in [-0.15, -0.1) is 0 Å². The fraction of sp³-hybridized carbons (Fsp3) is 0.471. The maximum absolute atomic E-state index is 14.6. The number of rotatable bonds is 20. The van der Waals surface area contributed by atoms with Crippen LogP contribution in [-0.4, -0.2) is 117 Å². The van der Waals surface area contributed by atoms with E-state index in [0.29, 0.717) is 55.4 Å². The summed E-state index contributed by atoms with van der Waals surface area (Å²) in [7, 11) is 3.43. The van der Waals surface area contributed by atoms with Gasteiger partial charge in [-0.3, -0.25) is 14.4 Å². The second-order valence-corrected chi connectivity index (χ2v) is 24.5. The minimum atomic E-state index is -1.39. The Hall–Kier alpha value is -6.41. The van der Waals surface area contributed by atoms with E-state index in [1.165, 1.54) is 18.1 Å². The number of methoxy groups -OCH3 is 1. The largest absolute Gasteiger partial charge is 0.490 e. The first-order valence-corrected chi connectivity index (χ1v) is 27.6. The van der Waals surface area contributed by atoms with Crippen LogP contribution >= 0.6 is 0 Å². The summed E-state index contributed by atoms with van der Waals surface area (Å²) in [6.45, 7) is 11.9. The first-order valence-electron chi connectivity index (χ1n) is 23.9. The fourth-order valence-electron chi connectivity index (χ4n) is 8.65. The van der Waals surface area contributed by atoms with Crippen molar-refractivity contribution in [2.24, 2.45) is 14.1 Å². The third-order valence-electron chi connectivity index (χ3n) is 12.4. The third-order valence-corrected chi connectivity index (χ3v) is 14.1. The predicted octanol–water partition coefficient (Wildman–Crippen LogP) is 8.56. The van der Waals surface area contributed by atoms with Crippen LogP contribution in [0.3, 0.4) is 0 Å². The number of anilines is 3. The van der Waals surface area contributed by atoms with Gasteiger partial charge >= 0.3 is 12.1 Å². The monoisotopic (exact) mass is 982 g/mol. The van der Waals surface area contributed by atoms with E-state index in [-0.39, 0.29) is 73.3 Å². The van der Waals surface area contributed by atoms with Gasteiger partial charge in [0.1, 0.15) is 18.0 Å². The highest BCUT2D eigenvalue weighted by molar-refractivity contribution is 6.76. The van der Waals surface area contributed by atoms with Crippen LogP contribution in [0.4, 0.5) is 21.9 Å². The van der Waals surface area contributed by atoms with Crippen LogP contribution in [0.15, 0.2) is 73.6 Å². The van der Waals surface area contributed by atoms with Crippen LogP contribution in [0, 0.1) is 0 Å². The van der Waals surface area contributed by atoms with E-state index >= 15 is 0 Å². The molecule has 2 unspecified atom stereocenters. The average Bonchev–Trinajstić information content (AvgIpc) is 3.90. The Morgan fingerprint density at radius 2 is 1.61 bits per heavy atom. The van der Waals surface area contributed by atoms with Gasteiger partial charge in [-0.2, -0.15) is 0 Å². The normalized spacial score (nSPS) is 18.0. The number of nitrogens with one attached hydrogen (secondary N) is 2. The van der Waals surface area contributed by atoms with E-state index in [1.807, 2.05) is 18.3 Å². The molecule has 2 fully saturated rings. The van der Waals surface area contributed by atoms with Crippen molar-refractivity contribution in [3.8, 4) is 22.6 Å². The summed E-state index contributed by atoms with van der Waals surface area (Å²) in [5.74, 6) is -0.911. The minimum Gasteiger partial charge on any atom is -0.490 e. The van der Waals surface area contributed by atoms with Crippen LogP contribution in [0.5, 0.6) is 11.5 Å². The second kappa shape index (κ2) is 23.5. The van der Waals surface area contributed by atoms with Crippen molar-refractivity contribution >= 4 is 54.9 Å². The molecule has 4 aromatic rings. The van der Waals surface area contributed by atoms with Gasteiger partial charge in [0, 0.05) is 78.1 Å². The van der Waals surface area contributed by atoms with Crippen LogP contribution in [0.25, 0.3) is 11.1 Å². The molecule has 3 aliphatic rings. The summed E-state index contributed by atoms with van der Waals surface area (Å²) < 4.78 is 44.9. The number of piperidine rings is 1. The van der Waals surface area contributed by atoms with E-state index in [9.17, 15) is 24.0 Å². The number of carbonyl (C=O) groups is 5. The van der Waals surface area contributed by atoms with Crippen molar-refractivity contribution in [3.63, 3.8) is 0 Å². The summed E-state index contributed by atoms with van der Waals surface area (Å²) >= 11 is 0. The molecule has 2 saturated heterocycles. The van der Waals surface area contributed by atoms with Gasteiger partial charge in [0.15, 0.2) is 30.8 Å². The number of hydrogen-bond donors (Lipinski definition) is 2. The fourth-order valence-corrected chi connectivity index (χ4v) is 9.41. The van der Waals surface area contributed by atoms with E-state index in [2.05, 4.69) is 36.9 Å². The molecule has 2 aromatic heterocycles. The lowest BCUT2D eigenvalue weighted by molar-refractivity contribution is -0.198. The number of hydrogen-bond acceptors (Lipinski definition) is 12. The summed E-state index contributed by atoms with van der Waals surface area (Å²) in [6.07, 6.45) is 7.77. The standard InChI is InChI=1S/C51H66N6O12Si/c1-8-22-67-51(62)57-40-30-44(43(68-33-64-25-26-70(5,6)7)29-38(40)48(60)56-21-11-9-14-39(56)49(57)69-46-16-10-12-23-66-46)65-24-13-15-45(58)52-37-28-41(55(3)32-37)47(59)53-36-19-17-34(18-20-36)35-27-42(50(61)63-4)54(2)31-35/h8,17-20,27-32,39,46,49H,1,9-16,21-26,33H2,2-7H3,(H,52,58)(H,53,59)/t39-,46?,49?/m0/s1. The third kappa shape index (κ3) is 12.9. The van der Waals surface area contributed by atoms with Crippen molar-refractivity contribution in [3.05, 3.63) is 90.5 Å². The minimum absolute atomic E-state index is 0.0637. The van der Waals surface area contributed by atoms with E-state index in [0.717, 1.165) is 42.9 Å². The Morgan fingerprint density at radius 1 is 0.857 bits per heavy atom. The Labute approximate surface area is 410 Å². The zero-order valence-electron chi connectivity index (χ0n) is 41.1. The maximum Gasteiger partial charge on any atom is 0.416 e. The number of carbonyl (C=O) groups excluding carboxylic acids is 5. The summed E-state index contributed by atoms with van der Waals surface area (Å²) in [4.78, 5) is 70.7. The Morgan fingerprint density at radius 3 is 2.34 bits per heavy atom. The van der Waals surface area contributed by atoms with Crippen LogP contribution < -0.4 is 25.0 Å². The molecule has 70 heavy (non-hydrogen) atoms. The number of aromatic nitrogens is 2. The highest BCUT2D eigenvalue weighted by Gasteiger charge is 2.47. The quantitative estimate of drug-likeness (QED) is 0.0283. The molecular formula is C51H66N6O12Si. The van der Waals surface area contributed by atoms with Gasteiger partial charge in [0.05, 0.1) is 36.7 Å². The van der Waals surface area contributed by atoms with Crippen LogP contribution in [-0.2, 0) is 42.6 Å². The topological polar surface area (TPSA) is 190 Å². The SMILES string of the molecule is C=CCOC(=O)N1c2cc(OCCCC(=O)Nc3cc(C(=O)Nc4ccc(-c5cc(C(=O)OC)n(C)c5)cc4)n(C)c3)c(OCOCC[Si](C)(C)C)cc2C(=O)N2CCCC[C@H]2C1OC1CCCCO1. The van der Waals surface area contributed by atoms with Crippen molar-refractivity contribution in [1.29, 1.82) is 0 Å². The molecule has 19 heteroatoms. The maximum atomic E-state index is 14.6. The summed E-state index contributed by atoms with van der Waals surface area (Å²) in [5, 5.41) is 5.78. The van der Waals surface area contributed by atoms with Crippen molar-refractivity contribution in [1.82, 2.24) is 14.0 Å². The molecule has 18 nitrogen and oxygen atoms in total. The molecular weight excluding hydrogens is 917 g/mol. The molecule has 3 aliphatic heterocycles. The molecule has 5 heterocycles. The van der Waals surface area contributed by atoms with E-state index in [1.54, 1.807) is 70.7 Å². The van der Waals surface area contributed by atoms with Gasteiger partial charge in [-0.05, 0) is 86.9 Å². The van der Waals surface area contributed by atoms with Crippen LogP contribution in [0.2, 0.25) is 25.7 Å². The molecule has 0 aliphatic carbocycles. The molecule has 2 aromatic carbocycles. The lowest BCUT2D eigenvalue weighted by Crippen LogP contribution is -2.57. The number of fused-ring (bicyclic) bond motifs is 2. The zero-order chi connectivity index (χ0) is 50.0. The van der Waals surface area contributed by atoms with Crippen LogP contribution in [0.1, 0.15) is 82.7 Å². The zero-order valence-corrected chi connectivity index (χ0v) is 42.1. The van der Waals surface area contributed by atoms with Gasteiger partial charge in [0.25, 0.3) is 11.8 Å². The smallest absolute Gasteiger partial charge is 0.416 e. The first kappa shape index (κ1) is 51.4. The van der Waals surface area contributed by atoms with Crippen molar-refractivity contribution in [2.45, 2.75) is 95.6 Å². The molecule has 0 spiro atoms. The number of benzene rings is 2. The average molecular weight is 983 g/mol. The molecule has 0 radical (unpaired) electrons. The Balaban J connectivity index is 1.04. The molecule has 2 N–H and O–H groups in total. The van der Waals surface area contributed by atoms with Gasteiger partial charge in [-0.25, -0.2) is 14.5 Å². The number of ether oxygens (including phenoxy) is 7. The number of amides is 4. The first-order chi connectivity index (χ1) is 33.6.